The summed E-state index contributed by atoms with van der Waals surface area (Å²) in [6.45, 7) is 9.72. The van der Waals surface area contributed by atoms with E-state index in [0.29, 0.717) is 48.8 Å². The summed E-state index contributed by atoms with van der Waals surface area (Å²) in [6.07, 6.45) is 2.99. The van der Waals surface area contributed by atoms with E-state index in [-0.39, 0.29) is 37.3 Å². The Balaban J connectivity index is 1.33. The van der Waals surface area contributed by atoms with E-state index in [4.69, 9.17) is 14.8 Å². The van der Waals surface area contributed by atoms with Gasteiger partial charge in [0.05, 0.1) is 31.6 Å². The van der Waals surface area contributed by atoms with Crippen LogP contribution in [0.15, 0.2) is 36.7 Å². The number of nitrogens with one attached hydrogen (secondary N) is 1. The second kappa shape index (κ2) is 13.3. The van der Waals surface area contributed by atoms with E-state index in [0.717, 1.165) is 23.0 Å². The highest BCUT2D eigenvalue weighted by Gasteiger charge is 2.37. The van der Waals surface area contributed by atoms with Gasteiger partial charge in [-0.3, -0.25) is 0 Å². The van der Waals surface area contributed by atoms with E-state index >= 15 is 0 Å². The molecule has 3 aromatic rings. The topological polar surface area (TPSA) is 121 Å². The van der Waals surface area contributed by atoms with E-state index in [2.05, 4.69) is 53.1 Å². The van der Waals surface area contributed by atoms with Crippen LogP contribution in [0.3, 0.4) is 0 Å². The van der Waals surface area contributed by atoms with Crippen molar-refractivity contribution in [1.82, 2.24) is 15.0 Å². The van der Waals surface area contributed by atoms with Crippen LogP contribution in [-0.4, -0.2) is 91.1 Å². The van der Waals surface area contributed by atoms with Crippen LogP contribution < -0.4 is 15.1 Å². The molecule has 0 bridgehead atoms. The monoisotopic (exact) mass is 614 g/mol. The van der Waals surface area contributed by atoms with Gasteiger partial charge in [0, 0.05) is 48.4 Å². The Morgan fingerprint density at radius 1 is 1.16 bits per heavy atom. The standard InChI is InChI=1S/C31H43FN6O4S/c1-5-43(40,41)15-10-22-18-38(21(22)4)27-7-6-23(20(2)3)24-16-30(34-17-25(24)27)35-29-8-11-33-31(36-29)37-12-9-28(26(32)19-37)42-14-13-39/h6-8,11,16-17,20-22,26,28,39H,5,9-10,12-15,18-19H2,1-4H3,(H,33,34,35,36)/t21-,22+,26+,28-/m1/s1. The quantitative estimate of drug-likeness (QED) is 0.302. The van der Waals surface area contributed by atoms with Crippen molar-refractivity contribution in [3.63, 3.8) is 0 Å². The highest BCUT2D eigenvalue weighted by atomic mass is 32.2. The van der Waals surface area contributed by atoms with Crippen LogP contribution in [0.1, 0.15) is 52.0 Å². The molecule has 0 amide bonds. The van der Waals surface area contributed by atoms with Gasteiger partial charge in [-0.05, 0) is 60.7 Å². The minimum atomic E-state index is -2.97. The molecule has 0 saturated carbocycles. The van der Waals surface area contributed by atoms with Gasteiger partial charge in [-0.15, -0.1) is 0 Å². The first-order valence-corrected chi connectivity index (χ1v) is 17.0. The largest absolute Gasteiger partial charge is 0.394 e. The molecule has 1 aromatic carbocycles. The summed E-state index contributed by atoms with van der Waals surface area (Å²) in [5.74, 6) is 2.73. The molecule has 4 heterocycles. The third kappa shape index (κ3) is 7.02. The number of sulfone groups is 1. The zero-order valence-corrected chi connectivity index (χ0v) is 26.2. The van der Waals surface area contributed by atoms with Gasteiger partial charge in [0.2, 0.25) is 5.95 Å². The zero-order chi connectivity index (χ0) is 30.7. The van der Waals surface area contributed by atoms with E-state index in [1.54, 1.807) is 19.2 Å². The molecule has 2 aliphatic rings. The predicted octanol–water partition coefficient (Wildman–Crippen LogP) is 4.47. The maximum atomic E-state index is 14.7. The number of aromatic nitrogens is 3. The lowest BCUT2D eigenvalue weighted by Crippen LogP contribution is -2.55. The molecule has 2 saturated heterocycles. The van der Waals surface area contributed by atoms with E-state index in [1.807, 2.05) is 17.2 Å². The number of rotatable bonds is 12. The van der Waals surface area contributed by atoms with Crippen molar-refractivity contribution in [2.24, 2.45) is 5.92 Å². The number of aliphatic hydroxyl groups is 1. The molecule has 0 spiro atoms. The molecule has 2 N–H and O–H groups in total. The van der Waals surface area contributed by atoms with Gasteiger partial charge in [0.25, 0.3) is 0 Å². The van der Waals surface area contributed by atoms with Crippen LogP contribution in [0.5, 0.6) is 0 Å². The van der Waals surface area contributed by atoms with E-state index in [1.165, 1.54) is 5.56 Å². The number of ether oxygens (including phenoxy) is 1. The Bertz CT molecular complexity index is 1520. The van der Waals surface area contributed by atoms with Crippen LogP contribution in [-0.2, 0) is 14.6 Å². The molecule has 12 heteroatoms. The van der Waals surface area contributed by atoms with Crippen molar-refractivity contribution < 1.29 is 22.7 Å². The summed E-state index contributed by atoms with van der Waals surface area (Å²) in [4.78, 5) is 17.9. The molecule has 43 heavy (non-hydrogen) atoms. The minimum Gasteiger partial charge on any atom is -0.394 e. The molecule has 5 rings (SSSR count). The maximum absolute atomic E-state index is 14.7. The van der Waals surface area contributed by atoms with Gasteiger partial charge in [0.15, 0.2) is 0 Å². The molecule has 4 atom stereocenters. The first-order chi connectivity index (χ1) is 20.6. The highest BCUT2D eigenvalue weighted by Crippen LogP contribution is 2.40. The number of alkyl halides is 1. The molecular weight excluding hydrogens is 571 g/mol. The number of hydrogen-bond acceptors (Lipinski definition) is 10. The number of pyridine rings is 1. The number of aliphatic hydroxyl groups excluding tert-OH is 1. The maximum Gasteiger partial charge on any atom is 0.227 e. The molecular formula is C31H43FN6O4S. The summed E-state index contributed by atoms with van der Waals surface area (Å²) in [5, 5.41) is 14.5. The lowest BCUT2D eigenvalue weighted by molar-refractivity contribution is -0.0262. The Kier molecular flexibility index (Phi) is 9.67. The molecule has 2 aliphatic heterocycles. The molecule has 0 unspecified atom stereocenters. The Morgan fingerprint density at radius 3 is 2.67 bits per heavy atom. The fourth-order valence-electron chi connectivity index (χ4n) is 6.04. The molecule has 2 fully saturated rings. The van der Waals surface area contributed by atoms with Gasteiger partial charge in [0.1, 0.15) is 27.6 Å². The summed E-state index contributed by atoms with van der Waals surface area (Å²) < 4.78 is 44.2. The van der Waals surface area contributed by atoms with Crippen LogP contribution in [0.4, 0.5) is 27.7 Å². The van der Waals surface area contributed by atoms with E-state index in [9.17, 15) is 12.8 Å². The van der Waals surface area contributed by atoms with Crippen molar-refractivity contribution in [1.29, 1.82) is 0 Å². The predicted molar refractivity (Wildman–Crippen MR) is 169 cm³/mol. The molecule has 234 valence electrons. The SMILES string of the molecule is CCS(=O)(=O)CC[C@H]1CN(c2ccc(C(C)C)c3cc(Nc4ccnc(N5CC[C@@H](OCCO)[C@@H](F)C5)n4)ncc23)[C@@H]1C. The normalized spacial score (nSPS) is 22.7. The third-order valence-corrected chi connectivity index (χ3v) is 10.5. The molecule has 10 nitrogen and oxygen atoms in total. The number of piperidine rings is 1. The van der Waals surface area contributed by atoms with Crippen molar-refractivity contribution in [2.45, 2.75) is 64.8 Å². The van der Waals surface area contributed by atoms with Crippen LogP contribution >= 0.6 is 0 Å². The first-order valence-electron chi connectivity index (χ1n) is 15.2. The number of nitrogens with zero attached hydrogens (tertiary/aromatic N) is 5. The minimum absolute atomic E-state index is 0.124. The van der Waals surface area contributed by atoms with Crippen molar-refractivity contribution in [2.75, 3.05) is 59.5 Å². The molecule has 2 aromatic heterocycles. The summed E-state index contributed by atoms with van der Waals surface area (Å²) in [5.41, 5.74) is 2.32. The number of halogens is 1. The molecule has 0 radical (unpaired) electrons. The van der Waals surface area contributed by atoms with Crippen molar-refractivity contribution >= 4 is 43.9 Å². The fourth-order valence-corrected chi connectivity index (χ4v) is 6.99. The highest BCUT2D eigenvalue weighted by molar-refractivity contribution is 7.91. The Morgan fingerprint density at radius 2 is 1.98 bits per heavy atom. The van der Waals surface area contributed by atoms with Crippen LogP contribution in [0.2, 0.25) is 0 Å². The number of fused-ring (bicyclic) bond motifs is 1. The van der Waals surface area contributed by atoms with Gasteiger partial charge in [-0.25, -0.2) is 22.8 Å². The van der Waals surface area contributed by atoms with Gasteiger partial charge in [-0.1, -0.05) is 26.8 Å². The van der Waals surface area contributed by atoms with Crippen molar-refractivity contribution in [3.8, 4) is 0 Å². The lowest BCUT2D eigenvalue weighted by Gasteiger charge is -2.48. The number of anilines is 4. The van der Waals surface area contributed by atoms with Crippen molar-refractivity contribution in [3.05, 3.63) is 42.2 Å². The molecule has 0 aliphatic carbocycles. The Hall–Kier alpha value is -3.09. The summed E-state index contributed by atoms with van der Waals surface area (Å²) in [7, 11) is -2.97. The average molecular weight is 615 g/mol. The van der Waals surface area contributed by atoms with Crippen LogP contribution in [0.25, 0.3) is 10.8 Å². The smallest absolute Gasteiger partial charge is 0.227 e. The van der Waals surface area contributed by atoms with Gasteiger partial charge in [-0.2, -0.15) is 4.98 Å². The fraction of sp³-hybridized carbons (Fsp3) is 0.581. The second-order valence-electron chi connectivity index (χ2n) is 11.9. The Labute approximate surface area is 253 Å². The summed E-state index contributed by atoms with van der Waals surface area (Å²) in [6, 6.07) is 8.40. The first kappa shape index (κ1) is 31.3. The van der Waals surface area contributed by atoms with Gasteiger partial charge < -0.3 is 25.0 Å². The zero-order valence-electron chi connectivity index (χ0n) is 25.4. The lowest BCUT2D eigenvalue weighted by atomic mass is 9.85. The second-order valence-corrected chi connectivity index (χ2v) is 14.3. The number of benzene rings is 1. The third-order valence-electron chi connectivity index (χ3n) is 8.77. The summed E-state index contributed by atoms with van der Waals surface area (Å²) >= 11 is 0. The number of hydrogen-bond donors (Lipinski definition) is 2. The van der Waals surface area contributed by atoms with Gasteiger partial charge >= 0.3 is 0 Å². The van der Waals surface area contributed by atoms with Crippen LogP contribution in [0, 0.1) is 5.92 Å². The van der Waals surface area contributed by atoms with E-state index < -0.39 is 22.1 Å². The average Bonchev–Trinajstić information content (AvgIpc) is 2.99.